The van der Waals surface area contributed by atoms with E-state index in [2.05, 4.69) is 10.1 Å². The summed E-state index contributed by atoms with van der Waals surface area (Å²) in [5.41, 5.74) is 2.69. The summed E-state index contributed by atoms with van der Waals surface area (Å²) in [6.45, 7) is 8.31. The number of hydrogen-bond acceptors (Lipinski definition) is 9. The molecular formula is C26H36N6O6S. The predicted molar refractivity (Wildman–Crippen MR) is 148 cm³/mol. The highest BCUT2D eigenvalue weighted by atomic mass is 32.2. The van der Waals surface area contributed by atoms with E-state index in [9.17, 15) is 18.3 Å². The fraction of sp³-hybridized carbons (Fsp3) is 0.500. The highest BCUT2D eigenvalue weighted by Crippen LogP contribution is 2.32. The van der Waals surface area contributed by atoms with E-state index in [0.717, 1.165) is 23.2 Å². The van der Waals surface area contributed by atoms with Crippen LogP contribution >= 0.6 is 0 Å². The molecule has 12 nitrogen and oxygen atoms in total. The van der Waals surface area contributed by atoms with Gasteiger partial charge in [-0.2, -0.15) is 4.31 Å². The molecule has 0 aliphatic carbocycles. The Morgan fingerprint density at radius 3 is 2.59 bits per heavy atom. The number of fused-ring (bicyclic) bond motifs is 1. The van der Waals surface area contributed by atoms with E-state index < -0.39 is 10.0 Å². The van der Waals surface area contributed by atoms with Crippen molar-refractivity contribution >= 4 is 21.8 Å². The van der Waals surface area contributed by atoms with Crippen LogP contribution in [0.25, 0.3) is 16.9 Å². The fourth-order valence-corrected chi connectivity index (χ4v) is 6.36. The number of nitrogens with one attached hydrogen (secondary N) is 1. The minimum Gasteiger partial charge on any atom is -0.493 e. The number of oxime groups is 1. The van der Waals surface area contributed by atoms with Crippen molar-refractivity contribution in [3.8, 4) is 17.1 Å². The van der Waals surface area contributed by atoms with E-state index in [0.29, 0.717) is 62.6 Å². The number of rotatable bonds is 11. The maximum Gasteiger partial charge on any atom is 0.275 e. The number of β-amino-alcohol motifs (C(OH)–C–C–N with tert-alkyl or cyclic N) is 1. The van der Waals surface area contributed by atoms with Crippen molar-refractivity contribution in [1.29, 1.82) is 0 Å². The number of aromatic amines is 1. The Labute approximate surface area is 227 Å². The summed E-state index contributed by atoms with van der Waals surface area (Å²) in [6.07, 6.45) is 3.03. The highest BCUT2D eigenvalue weighted by Gasteiger charge is 2.30. The van der Waals surface area contributed by atoms with Gasteiger partial charge in [0.05, 0.1) is 35.6 Å². The van der Waals surface area contributed by atoms with Gasteiger partial charge in [-0.3, -0.25) is 9.69 Å². The summed E-state index contributed by atoms with van der Waals surface area (Å²) in [4.78, 5) is 23.2. The van der Waals surface area contributed by atoms with Crippen LogP contribution in [0.2, 0.25) is 0 Å². The molecule has 3 aromatic rings. The van der Waals surface area contributed by atoms with Gasteiger partial charge in [0.25, 0.3) is 5.56 Å². The molecule has 0 amide bonds. The number of hydrogen-bond donors (Lipinski definition) is 2. The van der Waals surface area contributed by atoms with Gasteiger partial charge in [-0.15, -0.1) is 5.10 Å². The Balaban J connectivity index is 1.83. The molecule has 1 aliphatic rings. The summed E-state index contributed by atoms with van der Waals surface area (Å²) >= 11 is 0. The monoisotopic (exact) mass is 560 g/mol. The van der Waals surface area contributed by atoms with Crippen LogP contribution in [0.3, 0.4) is 0 Å². The van der Waals surface area contributed by atoms with Gasteiger partial charge in [0.2, 0.25) is 10.0 Å². The molecular weight excluding hydrogens is 524 g/mol. The summed E-state index contributed by atoms with van der Waals surface area (Å²) in [6, 6.07) is 4.62. The molecule has 1 aromatic carbocycles. The summed E-state index contributed by atoms with van der Waals surface area (Å²) in [7, 11) is -2.36. The van der Waals surface area contributed by atoms with Crippen molar-refractivity contribution in [3.63, 3.8) is 0 Å². The Kier molecular flexibility index (Phi) is 9.05. The third-order valence-electron chi connectivity index (χ3n) is 6.85. The molecule has 1 aliphatic heterocycles. The van der Waals surface area contributed by atoms with Crippen molar-refractivity contribution in [3.05, 3.63) is 45.4 Å². The number of H-pyrrole nitrogens is 1. The normalized spacial score (nSPS) is 15.4. The number of nitrogens with zero attached hydrogens (tertiary/aromatic N) is 5. The Morgan fingerprint density at radius 1 is 1.21 bits per heavy atom. The number of aryl methyl sites for hydroxylation is 2. The first-order valence-electron chi connectivity index (χ1n) is 13.1. The summed E-state index contributed by atoms with van der Waals surface area (Å²) < 4.78 is 36.0. The highest BCUT2D eigenvalue weighted by molar-refractivity contribution is 7.89. The first kappa shape index (κ1) is 28.7. The van der Waals surface area contributed by atoms with Gasteiger partial charge in [-0.05, 0) is 44.0 Å². The van der Waals surface area contributed by atoms with Crippen molar-refractivity contribution in [1.82, 2.24) is 23.8 Å². The second-order valence-corrected chi connectivity index (χ2v) is 11.2. The molecule has 0 unspecified atom stereocenters. The van der Waals surface area contributed by atoms with Crippen LogP contribution < -0.4 is 10.3 Å². The molecule has 212 valence electrons. The van der Waals surface area contributed by atoms with Gasteiger partial charge in [0.15, 0.2) is 5.82 Å². The quantitative estimate of drug-likeness (QED) is 0.266. The van der Waals surface area contributed by atoms with E-state index in [1.165, 1.54) is 23.5 Å². The Hall–Kier alpha value is -3.26. The van der Waals surface area contributed by atoms with Crippen LogP contribution in [-0.2, 0) is 21.3 Å². The molecule has 2 N–H and O–H groups in total. The predicted octanol–water partition coefficient (Wildman–Crippen LogP) is 1.63. The van der Waals surface area contributed by atoms with E-state index >= 15 is 0 Å². The van der Waals surface area contributed by atoms with Gasteiger partial charge in [0, 0.05) is 38.3 Å². The molecule has 2 aromatic heterocycles. The van der Waals surface area contributed by atoms with Crippen LogP contribution in [0.4, 0.5) is 0 Å². The van der Waals surface area contributed by atoms with Crippen LogP contribution in [0.1, 0.15) is 37.1 Å². The molecule has 1 saturated heterocycles. The second-order valence-electron chi connectivity index (χ2n) is 9.28. The number of aliphatic hydroxyl groups excluding tert-OH is 1. The molecule has 0 spiro atoms. The average Bonchev–Trinajstić information content (AvgIpc) is 3.19. The smallest absolute Gasteiger partial charge is 0.275 e. The third-order valence-corrected chi connectivity index (χ3v) is 8.74. The van der Waals surface area contributed by atoms with Crippen LogP contribution in [0.5, 0.6) is 5.75 Å². The minimum atomic E-state index is -3.81. The molecule has 0 saturated carbocycles. The maximum atomic E-state index is 13.6. The van der Waals surface area contributed by atoms with Gasteiger partial charge >= 0.3 is 0 Å². The van der Waals surface area contributed by atoms with Gasteiger partial charge in [0.1, 0.15) is 18.4 Å². The molecule has 1 fully saturated rings. The first-order chi connectivity index (χ1) is 18.8. The van der Waals surface area contributed by atoms with Crippen molar-refractivity contribution in [2.75, 3.05) is 53.0 Å². The zero-order valence-corrected chi connectivity index (χ0v) is 23.6. The number of benzene rings is 1. The second kappa shape index (κ2) is 12.3. The summed E-state index contributed by atoms with van der Waals surface area (Å²) in [5.74, 6) is 0.608. The number of aromatic nitrogens is 3. The van der Waals surface area contributed by atoms with Gasteiger partial charge in [-0.1, -0.05) is 18.5 Å². The van der Waals surface area contributed by atoms with Crippen molar-refractivity contribution < 1.29 is 23.1 Å². The number of piperazine rings is 1. The number of aliphatic hydroxyl groups is 1. The van der Waals surface area contributed by atoms with Crippen LogP contribution in [0, 0.1) is 6.92 Å². The zero-order valence-electron chi connectivity index (χ0n) is 22.8. The van der Waals surface area contributed by atoms with E-state index in [1.807, 2.05) is 25.7 Å². The van der Waals surface area contributed by atoms with E-state index in [4.69, 9.17) is 14.7 Å². The largest absolute Gasteiger partial charge is 0.493 e. The van der Waals surface area contributed by atoms with E-state index in [-0.39, 0.29) is 22.9 Å². The lowest BCUT2D eigenvalue weighted by Crippen LogP contribution is -2.49. The SMILES string of the molecule is CCCc1c(C=NOC)c(C)c2c(=O)[nH]c(-c3cc(S(=O)(=O)N4CCN(CCO)CC4)ccc3OCC)nn12. The number of sulfonamides is 1. The third kappa shape index (κ3) is 5.71. The Morgan fingerprint density at radius 2 is 1.95 bits per heavy atom. The topological polar surface area (TPSA) is 142 Å². The van der Waals surface area contributed by atoms with Crippen molar-refractivity contribution in [2.45, 2.75) is 38.5 Å². The zero-order chi connectivity index (χ0) is 28.2. The summed E-state index contributed by atoms with van der Waals surface area (Å²) in [5, 5.41) is 17.9. The molecule has 13 heteroatoms. The lowest BCUT2D eigenvalue weighted by atomic mass is 10.1. The van der Waals surface area contributed by atoms with Crippen LogP contribution in [0.15, 0.2) is 33.0 Å². The maximum absolute atomic E-state index is 13.6. The number of ether oxygens (including phenoxy) is 1. The average molecular weight is 561 g/mol. The molecule has 4 rings (SSSR count). The Bertz CT molecular complexity index is 1510. The lowest BCUT2D eigenvalue weighted by molar-refractivity contribution is 0.151. The first-order valence-corrected chi connectivity index (χ1v) is 14.5. The van der Waals surface area contributed by atoms with Gasteiger partial charge in [-0.25, -0.2) is 12.9 Å². The fourth-order valence-electron chi connectivity index (χ4n) is 4.92. The van der Waals surface area contributed by atoms with Crippen LogP contribution in [-0.4, -0.2) is 96.6 Å². The standard InChI is InChI=1S/C26H36N6O6S/c1-5-7-22-21(17-27-37-4)18(3)24-26(34)28-25(29-32(22)24)20-16-19(8-9-23(20)38-6-2)39(35,36)31-12-10-30(11-13-31)14-15-33/h8-9,16-17,33H,5-7,10-15H2,1-4H3,(H,28,29,34). The molecule has 0 atom stereocenters. The van der Waals surface area contributed by atoms with Gasteiger partial charge < -0.3 is 19.7 Å². The van der Waals surface area contributed by atoms with E-state index in [1.54, 1.807) is 16.8 Å². The molecule has 0 bridgehead atoms. The lowest BCUT2D eigenvalue weighted by Gasteiger charge is -2.33. The molecule has 0 radical (unpaired) electrons. The van der Waals surface area contributed by atoms with Crippen molar-refractivity contribution in [2.24, 2.45) is 5.16 Å². The molecule has 39 heavy (non-hydrogen) atoms. The minimum absolute atomic E-state index is 0.0338. The molecule has 3 heterocycles.